The Morgan fingerprint density at radius 3 is 2.31 bits per heavy atom. The molecule has 0 aromatic carbocycles. The van der Waals surface area contributed by atoms with E-state index in [9.17, 15) is 8.42 Å². The smallest absolute Gasteiger partial charge is 0.151 e. The van der Waals surface area contributed by atoms with Gasteiger partial charge in [0, 0.05) is 18.8 Å². The molecule has 0 spiro atoms. The van der Waals surface area contributed by atoms with Crippen LogP contribution in [-0.4, -0.2) is 51.0 Å². The molecule has 0 saturated carbocycles. The van der Waals surface area contributed by atoms with Crippen LogP contribution in [0.25, 0.3) is 0 Å². The summed E-state index contributed by atoms with van der Waals surface area (Å²) >= 11 is 0. The lowest BCUT2D eigenvalue weighted by Gasteiger charge is -2.23. The van der Waals surface area contributed by atoms with Gasteiger partial charge in [0.2, 0.25) is 0 Å². The van der Waals surface area contributed by atoms with Crippen molar-refractivity contribution in [2.75, 3.05) is 37.7 Å². The predicted octanol–water partition coefficient (Wildman–Crippen LogP) is 0.728. The van der Waals surface area contributed by atoms with Gasteiger partial charge in [0.15, 0.2) is 9.84 Å². The first kappa shape index (κ1) is 15.9. The van der Waals surface area contributed by atoms with Crippen molar-refractivity contribution in [2.24, 2.45) is 11.7 Å². The average molecular weight is 250 g/mol. The molecule has 0 aromatic heterocycles. The highest BCUT2D eigenvalue weighted by atomic mass is 32.2. The lowest BCUT2D eigenvalue weighted by Crippen LogP contribution is -2.35. The third-order valence-electron chi connectivity index (χ3n) is 2.65. The third-order valence-corrected chi connectivity index (χ3v) is 4.49. The molecule has 0 aliphatic carbocycles. The predicted molar refractivity (Wildman–Crippen MR) is 69.3 cm³/mol. The fourth-order valence-electron chi connectivity index (χ4n) is 1.58. The maximum Gasteiger partial charge on any atom is 0.151 e. The highest BCUT2D eigenvalue weighted by Crippen LogP contribution is 2.00. The fourth-order valence-corrected chi connectivity index (χ4v) is 2.94. The first-order valence-electron chi connectivity index (χ1n) is 6.08. The molecule has 16 heavy (non-hydrogen) atoms. The molecule has 0 radical (unpaired) electrons. The molecule has 0 amide bonds. The zero-order valence-corrected chi connectivity index (χ0v) is 11.6. The van der Waals surface area contributed by atoms with E-state index in [1.54, 1.807) is 0 Å². The number of hydrogen-bond acceptors (Lipinski definition) is 4. The van der Waals surface area contributed by atoms with E-state index < -0.39 is 9.84 Å². The summed E-state index contributed by atoms with van der Waals surface area (Å²) in [6.07, 6.45) is 0.702. The summed E-state index contributed by atoms with van der Waals surface area (Å²) in [4.78, 5) is 2.16. The molecular weight excluding hydrogens is 224 g/mol. The summed E-state index contributed by atoms with van der Waals surface area (Å²) in [5.74, 6) is 0.997. The quantitative estimate of drug-likeness (QED) is 0.655. The maximum atomic E-state index is 11.6. The lowest BCUT2D eigenvalue weighted by molar-refractivity contribution is 0.264. The Bertz CT molecular complexity index is 265. The van der Waals surface area contributed by atoms with Gasteiger partial charge in [0.25, 0.3) is 0 Å². The second-order valence-corrected chi connectivity index (χ2v) is 6.69. The minimum absolute atomic E-state index is 0.270. The van der Waals surface area contributed by atoms with E-state index in [1.165, 1.54) is 0 Å². The molecule has 0 heterocycles. The zero-order valence-electron chi connectivity index (χ0n) is 10.8. The monoisotopic (exact) mass is 250 g/mol. The van der Waals surface area contributed by atoms with Crippen molar-refractivity contribution in [1.82, 2.24) is 4.90 Å². The van der Waals surface area contributed by atoms with Crippen LogP contribution in [0.1, 0.15) is 27.2 Å². The normalized spacial score (nSPS) is 14.3. The Morgan fingerprint density at radius 2 is 1.88 bits per heavy atom. The van der Waals surface area contributed by atoms with Gasteiger partial charge in [-0.25, -0.2) is 8.42 Å². The van der Waals surface area contributed by atoms with Gasteiger partial charge in [-0.1, -0.05) is 20.8 Å². The van der Waals surface area contributed by atoms with Crippen LogP contribution < -0.4 is 5.73 Å². The zero-order chi connectivity index (χ0) is 12.6. The van der Waals surface area contributed by atoms with E-state index in [0.717, 1.165) is 13.1 Å². The maximum absolute atomic E-state index is 11.6. The van der Waals surface area contributed by atoms with E-state index in [0.29, 0.717) is 31.2 Å². The van der Waals surface area contributed by atoms with Crippen LogP contribution in [-0.2, 0) is 9.84 Å². The van der Waals surface area contributed by atoms with Gasteiger partial charge >= 0.3 is 0 Å². The van der Waals surface area contributed by atoms with Crippen LogP contribution in [0.4, 0.5) is 0 Å². The molecule has 1 atom stereocenters. The van der Waals surface area contributed by atoms with Crippen LogP contribution in [0.3, 0.4) is 0 Å². The SMILES string of the molecule is CCCS(=O)(=O)CCN(CC)CC(C)CN. The van der Waals surface area contributed by atoms with E-state index >= 15 is 0 Å². The first-order valence-corrected chi connectivity index (χ1v) is 7.90. The van der Waals surface area contributed by atoms with Crippen molar-refractivity contribution in [1.29, 1.82) is 0 Å². The van der Waals surface area contributed by atoms with E-state index in [2.05, 4.69) is 18.7 Å². The van der Waals surface area contributed by atoms with Gasteiger partial charge in [0.1, 0.15) is 0 Å². The second kappa shape index (κ2) is 8.03. The fraction of sp³-hybridized carbons (Fsp3) is 1.00. The summed E-state index contributed by atoms with van der Waals surface area (Å²) in [6.45, 7) is 9.08. The number of nitrogens with zero attached hydrogens (tertiary/aromatic N) is 1. The van der Waals surface area contributed by atoms with Gasteiger partial charge < -0.3 is 10.6 Å². The van der Waals surface area contributed by atoms with Gasteiger partial charge in [-0.05, 0) is 25.4 Å². The molecule has 1 unspecified atom stereocenters. The van der Waals surface area contributed by atoms with Crippen molar-refractivity contribution < 1.29 is 8.42 Å². The van der Waals surface area contributed by atoms with E-state index in [4.69, 9.17) is 5.73 Å². The standard InChI is InChI=1S/C11H26N2O2S/c1-4-7-16(14,15)8-6-13(5-2)10-11(3)9-12/h11H,4-10,12H2,1-3H3. The van der Waals surface area contributed by atoms with E-state index in [-0.39, 0.29) is 5.75 Å². The molecule has 2 N–H and O–H groups in total. The molecule has 4 nitrogen and oxygen atoms in total. The molecular formula is C11H26N2O2S. The third kappa shape index (κ3) is 7.19. The summed E-state index contributed by atoms with van der Waals surface area (Å²) < 4.78 is 23.1. The van der Waals surface area contributed by atoms with Crippen molar-refractivity contribution in [3.8, 4) is 0 Å². The molecule has 0 aliphatic rings. The Balaban J connectivity index is 4.05. The second-order valence-electron chi connectivity index (χ2n) is 4.39. The molecule has 98 valence electrons. The van der Waals surface area contributed by atoms with Crippen LogP contribution >= 0.6 is 0 Å². The highest BCUT2D eigenvalue weighted by molar-refractivity contribution is 7.91. The van der Waals surface area contributed by atoms with Crippen molar-refractivity contribution in [2.45, 2.75) is 27.2 Å². The van der Waals surface area contributed by atoms with Crippen molar-refractivity contribution >= 4 is 9.84 Å². The molecule has 0 bridgehead atoms. The van der Waals surface area contributed by atoms with Gasteiger partial charge in [-0.3, -0.25) is 0 Å². The number of rotatable bonds is 9. The Hall–Kier alpha value is -0.130. The highest BCUT2D eigenvalue weighted by Gasteiger charge is 2.13. The van der Waals surface area contributed by atoms with Crippen LogP contribution in [0, 0.1) is 5.92 Å². The average Bonchev–Trinajstić information content (AvgIpc) is 2.23. The largest absolute Gasteiger partial charge is 0.330 e. The van der Waals surface area contributed by atoms with Crippen LogP contribution in [0.2, 0.25) is 0 Å². The molecule has 0 aliphatic heterocycles. The lowest BCUT2D eigenvalue weighted by atomic mass is 10.2. The Kier molecular flexibility index (Phi) is 7.97. The first-order chi connectivity index (χ1) is 7.45. The number of hydrogen-bond donors (Lipinski definition) is 1. The van der Waals surface area contributed by atoms with Gasteiger partial charge in [-0.2, -0.15) is 0 Å². The van der Waals surface area contributed by atoms with Crippen LogP contribution in [0.15, 0.2) is 0 Å². The summed E-state index contributed by atoms with van der Waals surface area (Å²) in [7, 11) is -2.85. The molecule has 0 saturated heterocycles. The molecule has 0 rings (SSSR count). The molecule has 0 aromatic rings. The Labute approximate surface area is 100 Å². The van der Waals surface area contributed by atoms with Gasteiger partial charge in [-0.15, -0.1) is 0 Å². The topological polar surface area (TPSA) is 63.4 Å². The Morgan fingerprint density at radius 1 is 1.25 bits per heavy atom. The number of nitrogens with two attached hydrogens (primary N) is 1. The van der Waals surface area contributed by atoms with Crippen molar-refractivity contribution in [3.63, 3.8) is 0 Å². The molecule has 5 heteroatoms. The minimum Gasteiger partial charge on any atom is -0.330 e. The van der Waals surface area contributed by atoms with Crippen molar-refractivity contribution in [3.05, 3.63) is 0 Å². The number of sulfone groups is 1. The molecule has 0 fully saturated rings. The minimum atomic E-state index is -2.85. The summed E-state index contributed by atoms with van der Waals surface area (Å²) in [5.41, 5.74) is 5.56. The van der Waals surface area contributed by atoms with E-state index in [1.807, 2.05) is 6.92 Å². The van der Waals surface area contributed by atoms with Crippen LogP contribution in [0.5, 0.6) is 0 Å². The summed E-state index contributed by atoms with van der Waals surface area (Å²) in [6, 6.07) is 0. The summed E-state index contributed by atoms with van der Waals surface area (Å²) in [5, 5.41) is 0. The van der Waals surface area contributed by atoms with Gasteiger partial charge in [0.05, 0.1) is 5.75 Å².